The van der Waals surface area contributed by atoms with E-state index in [1.165, 1.54) is 64.0 Å². The van der Waals surface area contributed by atoms with Crippen LogP contribution in [0.4, 0.5) is 4.39 Å². The quantitative estimate of drug-likeness (QED) is 0.244. The van der Waals surface area contributed by atoms with Gasteiger partial charge in [0.2, 0.25) is 0 Å². The van der Waals surface area contributed by atoms with Crippen LogP contribution in [0.15, 0.2) is 67.3 Å². The summed E-state index contributed by atoms with van der Waals surface area (Å²) >= 11 is 0. The molecule has 7 rings (SSSR count). The molecule has 63 heavy (non-hydrogen) atoms. The highest BCUT2D eigenvalue weighted by molar-refractivity contribution is 5.12. The lowest BCUT2D eigenvalue weighted by molar-refractivity contribution is -0.0681. The van der Waals surface area contributed by atoms with Crippen LogP contribution in [0.25, 0.3) is 0 Å². The van der Waals surface area contributed by atoms with Crippen LogP contribution in [0.5, 0.6) is 0 Å². The molecular formula is C56H103FN6. The summed E-state index contributed by atoms with van der Waals surface area (Å²) < 4.78 is 17.4. The summed E-state index contributed by atoms with van der Waals surface area (Å²) in [4.78, 5) is 11.7. The third-order valence-corrected chi connectivity index (χ3v) is 12.7. The normalized spacial score (nSPS) is 20.0. The third-order valence-electron chi connectivity index (χ3n) is 12.7. The summed E-state index contributed by atoms with van der Waals surface area (Å²) in [5.41, 5.74) is 3.28. The van der Waals surface area contributed by atoms with Crippen LogP contribution < -0.4 is 0 Å². The number of piperidine rings is 1. The van der Waals surface area contributed by atoms with E-state index in [0.717, 1.165) is 23.6 Å². The molecule has 4 aliphatic rings. The van der Waals surface area contributed by atoms with Crippen LogP contribution in [-0.2, 0) is 16.5 Å². The van der Waals surface area contributed by atoms with Gasteiger partial charge < -0.3 is 14.0 Å². The van der Waals surface area contributed by atoms with Gasteiger partial charge in [-0.25, -0.2) is 4.39 Å². The maximum Gasteiger partial charge on any atom is 0.133 e. The van der Waals surface area contributed by atoms with Gasteiger partial charge in [-0.3, -0.25) is 14.8 Å². The SMILES string of the molecule is C.CC(C)(C)C1CCN(C2CC2)CC1.CC(C)(C)c1ccccn1.CC(C)(C)n1cccc1.CC1(F)CN(C(C)(C)C)C1.C[C@@H]1CCN(C(C)(C)C)C1.Cc1cccn1C(C)(C)C. The van der Waals surface area contributed by atoms with Gasteiger partial charge >= 0.3 is 0 Å². The lowest BCUT2D eigenvalue weighted by Gasteiger charge is -2.49. The number of alkyl halides is 1. The van der Waals surface area contributed by atoms with Crippen LogP contribution in [0, 0.1) is 24.2 Å². The van der Waals surface area contributed by atoms with Gasteiger partial charge in [-0.15, -0.1) is 0 Å². The second-order valence-electron chi connectivity index (χ2n) is 25.3. The summed E-state index contributed by atoms with van der Waals surface area (Å²) in [6.07, 6.45) is 15.3. The topological polar surface area (TPSA) is 32.5 Å². The van der Waals surface area contributed by atoms with Gasteiger partial charge in [-0.05, 0) is 202 Å². The summed E-state index contributed by atoms with van der Waals surface area (Å²) in [5, 5.41) is 0. The summed E-state index contributed by atoms with van der Waals surface area (Å²) in [6, 6.07) is 15.3. The Bertz CT molecular complexity index is 1630. The Morgan fingerprint density at radius 2 is 1.13 bits per heavy atom. The van der Waals surface area contributed by atoms with Gasteiger partial charge in [-0.2, -0.15) is 0 Å². The molecule has 0 bridgehead atoms. The van der Waals surface area contributed by atoms with Crippen molar-refractivity contribution in [2.24, 2.45) is 17.3 Å². The lowest BCUT2D eigenvalue weighted by Crippen LogP contribution is -2.63. The highest BCUT2D eigenvalue weighted by Gasteiger charge is 2.43. The van der Waals surface area contributed by atoms with E-state index in [1.807, 2.05) is 30.5 Å². The minimum Gasteiger partial charge on any atom is -0.349 e. The van der Waals surface area contributed by atoms with E-state index in [2.05, 4.69) is 204 Å². The van der Waals surface area contributed by atoms with Gasteiger partial charge in [0.25, 0.3) is 0 Å². The van der Waals surface area contributed by atoms with Crippen molar-refractivity contribution in [2.75, 3.05) is 39.3 Å². The van der Waals surface area contributed by atoms with Crippen molar-refractivity contribution in [2.45, 2.75) is 224 Å². The molecule has 0 aromatic carbocycles. The van der Waals surface area contributed by atoms with Crippen molar-refractivity contribution in [3.05, 3.63) is 78.6 Å². The monoisotopic (exact) mass is 879 g/mol. The van der Waals surface area contributed by atoms with E-state index in [0.29, 0.717) is 24.0 Å². The van der Waals surface area contributed by atoms with Crippen molar-refractivity contribution >= 4 is 0 Å². The van der Waals surface area contributed by atoms with Gasteiger partial charge in [0, 0.05) is 89.4 Å². The molecule has 3 saturated heterocycles. The Hall–Kier alpha value is -2.48. The third kappa shape index (κ3) is 22.0. The summed E-state index contributed by atoms with van der Waals surface area (Å²) in [7, 11) is 0. The number of halogens is 1. The Labute approximate surface area is 391 Å². The van der Waals surface area contributed by atoms with Gasteiger partial charge in [0.15, 0.2) is 0 Å². The standard InChI is InChI=1S/C12H23N.C9H19N.C9H15N.C9H13N.C8H16FN.C8H13N.CH4/c1-12(2,3)10-6-8-13(9-7-10)11-4-5-11;1-8-5-6-10(7-8)9(2,3)4;1-8-6-5-7-10(8)9(2,3)4;1-9(2,3)8-6-4-5-7-10-8;1-7(2,3)10-5-8(4,9)6-10;1-8(2,3)9-6-4-5-7-9;/h10-11H,4-9H2,1-3H3;8H,5-7H2,1-4H3;5-7H,1-4H3;4-7H,1-3H3;5-6H2,1-4H3;4-7H,1-3H3;1H4/t;8-;;;;;/m.1...../s1. The Morgan fingerprint density at radius 1 is 0.603 bits per heavy atom. The maximum atomic E-state index is 12.9. The van der Waals surface area contributed by atoms with Crippen LogP contribution in [0.1, 0.15) is 189 Å². The molecule has 4 fully saturated rings. The predicted molar refractivity (Wildman–Crippen MR) is 276 cm³/mol. The molecule has 3 aliphatic heterocycles. The smallest absolute Gasteiger partial charge is 0.133 e. The zero-order valence-corrected chi connectivity index (χ0v) is 44.4. The molecule has 364 valence electrons. The first kappa shape index (κ1) is 58.5. The highest BCUT2D eigenvalue weighted by atomic mass is 19.1. The molecule has 1 atom stereocenters. The molecule has 3 aromatic rings. The fourth-order valence-electron chi connectivity index (χ4n) is 8.15. The van der Waals surface area contributed by atoms with Gasteiger partial charge in [0.05, 0.1) is 0 Å². The Morgan fingerprint density at radius 3 is 1.37 bits per heavy atom. The van der Waals surface area contributed by atoms with E-state index in [-0.39, 0.29) is 29.5 Å². The van der Waals surface area contributed by atoms with Crippen LogP contribution in [0.3, 0.4) is 0 Å². The molecule has 6 nitrogen and oxygen atoms in total. The number of aryl methyl sites for hydroxylation is 1. The van der Waals surface area contributed by atoms with E-state index < -0.39 is 5.67 Å². The van der Waals surface area contributed by atoms with Crippen molar-refractivity contribution in [1.29, 1.82) is 0 Å². The van der Waals surface area contributed by atoms with Crippen molar-refractivity contribution in [3.63, 3.8) is 0 Å². The van der Waals surface area contributed by atoms with Crippen LogP contribution in [0.2, 0.25) is 0 Å². The zero-order valence-electron chi connectivity index (χ0n) is 44.4. The molecule has 0 spiro atoms. The fourth-order valence-corrected chi connectivity index (χ4v) is 8.15. The van der Waals surface area contributed by atoms with Crippen molar-refractivity contribution in [1.82, 2.24) is 28.8 Å². The largest absolute Gasteiger partial charge is 0.349 e. The fraction of sp³-hybridized carbons (Fsp3) is 0.768. The number of pyridine rings is 1. The first-order valence-corrected chi connectivity index (χ1v) is 24.2. The molecule has 0 radical (unpaired) electrons. The molecule has 0 N–H and O–H groups in total. The molecule has 6 heterocycles. The van der Waals surface area contributed by atoms with Gasteiger partial charge in [-0.1, -0.05) is 62.0 Å². The van der Waals surface area contributed by atoms with Crippen molar-refractivity contribution < 1.29 is 4.39 Å². The molecule has 0 amide bonds. The van der Waals surface area contributed by atoms with Crippen LogP contribution in [-0.4, -0.2) is 90.9 Å². The second-order valence-corrected chi connectivity index (χ2v) is 25.3. The first-order valence-electron chi connectivity index (χ1n) is 24.2. The summed E-state index contributed by atoms with van der Waals surface area (Å²) in [5.74, 6) is 1.88. The second kappa shape index (κ2) is 23.8. The van der Waals surface area contributed by atoms with E-state index in [1.54, 1.807) is 6.92 Å². The molecule has 7 heteroatoms. The van der Waals surface area contributed by atoms with E-state index in [9.17, 15) is 4.39 Å². The molecule has 0 unspecified atom stereocenters. The Balaban J connectivity index is 0.000000378. The molecule has 3 aromatic heterocycles. The van der Waals surface area contributed by atoms with Gasteiger partial charge in [0.1, 0.15) is 5.67 Å². The van der Waals surface area contributed by atoms with Crippen molar-refractivity contribution in [3.8, 4) is 0 Å². The minimum absolute atomic E-state index is 0. The number of rotatable bonds is 1. The number of nitrogens with zero attached hydrogens (tertiary/aromatic N) is 6. The Kier molecular flexibility index (Phi) is 22.1. The van der Waals surface area contributed by atoms with Crippen LogP contribution >= 0.6 is 0 Å². The highest BCUT2D eigenvalue weighted by Crippen LogP contribution is 2.38. The molecule has 1 saturated carbocycles. The number of hydrogen-bond acceptors (Lipinski definition) is 4. The number of likely N-dealkylation sites (tertiary alicyclic amines) is 3. The number of hydrogen-bond donors (Lipinski definition) is 0. The van der Waals surface area contributed by atoms with E-state index in [4.69, 9.17) is 0 Å². The first-order chi connectivity index (χ1) is 28.1. The zero-order chi connectivity index (χ0) is 47.5. The maximum absolute atomic E-state index is 12.9. The average molecular weight is 879 g/mol. The summed E-state index contributed by atoms with van der Waals surface area (Å²) in [6.45, 7) is 52.7. The average Bonchev–Trinajstić information content (AvgIpc) is 3.43. The van der Waals surface area contributed by atoms with E-state index >= 15 is 0 Å². The number of aromatic nitrogens is 3. The predicted octanol–water partition coefficient (Wildman–Crippen LogP) is 14.7. The lowest BCUT2D eigenvalue weighted by atomic mass is 9.75. The molecule has 1 aliphatic carbocycles. The minimum atomic E-state index is -0.923. The molecular weight excluding hydrogens is 776 g/mol.